The van der Waals surface area contributed by atoms with Gasteiger partial charge in [-0.1, -0.05) is 0 Å². The summed E-state index contributed by atoms with van der Waals surface area (Å²) in [4.78, 5) is 0. The largest absolute Gasteiger partial charge is 0.508 e. The van der Waals surface area contributed by atoms with E-state index in [0.717, 1.165) is 12.1 Å². The van der Waals surface area contributed by atoms with E-state index >= 15 is 0 Å². The van der Waals surface area contributed by atoms with E-state index in [4.69, 9.17) is 10.2 Å². The number of rotatable bonds is 2. The second kappa shape index (κ2) is 3.98. The van der Waals surface area contributed by atoms with E-state index in [0.29, 0.717) is 0 Å². The molecule has 0 bridgehead atoms. The van der Waals surface area contributed by atoms with Crippen LogP contribution in [-0.4, -0.2) is 23.5 Å². The number of hydrogen-bond acceptors (Lipinski definition) is 3. The summed E-state index contributed by atoms with van der Waals surface area (Å²) in [7, 11) is 1.27. The van der Waals surface area contributed by atoms with E-state index in [2.05, 4.69) is 4.74 Å². The fourth-order valence-corrected chi connectivity index (χ4v) is 1.05. The molecule has 15 heavy (non-hydrogen) atoms. The van der Waals surface area contributed by atoms with Crippen molar-refractivity contribution in [1.29, 1.82) is 0 Å². The van der Waals surface area contributed by atoms with Crippen LogP contribution in [0.2, 0.25) is 0 Å². The van der Waals surface area contributed by atoms with Gasteiger partial charge in [-0.2, -0.15) is 13.2 Å². The van der Waals surface area contributed by atoms with Crippen LogP contribution in [0.1, 0.15) is 11.7 Å². The molecule has 0 amide bonds. The van der Waals surface area contributed by atoms with Crippen molar-refractivity contribution in [2.45, 2.75) is 12.3 Å². The summed E-state index contributed by atoms with van der Waals surface area (Å²) in [5.41, 5.74) is -0.623. The van der Waals surface area contributed by atoms with Gasteiger partial charge < -0.3 is 14.9 Å². The number of hydrogen-bond donors (Lipinski definition) is 2. The Morgan fingerprint density at radius 2 is 1.93 bits per heavy atom. The number of aliphatic hydroxyl groups is 1. The monoisotopic (exact) mass is 222 g/mol. The predicted molar refractivity (Wildman–Crippen MR) is 45.7 cm³/mol. The first-order valence-electron chi connectivity index (χ1n) is 3.98. The minimum atomic E-state index is -4.82. The summed E-state index contributed by atoms with van der Waals surface area (Å²) in [6.45, 7) is 0. The first-order chi connectivity index (χ1) is 6.86. The predicted octanol–water partition coefficient (Wildman–Crippen LogP) is 2.00. The highest BCUT2D eigenvalue weighted by atomic mass is 19.4. The molecule has 0 aliphatic rings. The van der Waals surface area contributed by atoms with Gasteiger partial charge in [0.1, 0.15) is 11.5 Å². The molecule has 0 saturated carbocycles. The molecule has 84 valence electrons. The zero-order chi connectivity index (χ0) is 11.6. The van der Waals surface area contributed by atoms with Crippen LogP contribution >= 0.6 is 0 Å². The molecule has 1 rings (SSSR count). The van der Waals surface area contributed by atoms with Gasteiger partial charge in [-0.05, 0) is 18.2 Å². The van der Waals surface area contributed by atoms with Gasteiger partial charge in [0.15, 0.2) is 6.10 Å². The number of alkyl halides is 3. The molecular formula is C9H9F3O3. The topological polar surface area (TPSA) is 49.7 Å². The van der Waals surface area contributed by atoms with Crippen LogP contribution < -0.4 is 4.74 Å². The van der Waals surface area contributed by atoms with Gasteiger partial charge in [-0.3, -0.25) is 0 Å². The maximum atomic E-state index is 12.1. The zero-order valence-electron chi connectivity index (χ0n) is 7.75. The van der Waals surface area contributed by atoms with Crippen molar-refractivity contribution in [3.05, 3.63) is 23.8 Å². The summed E-state index contributed by atoms with van der Waals surface area (Å²) >= 11 is 0. The van der Waals surface area contributed by atoms with Gasteiger partial charge in [0, 0.05) is 5.56 Å². The molecule has 3 nitrogen and oxygen atoms in total. The number of phenolic OH excluding ortho intramolecular Hbond substituents is 1. The Morgan fingerprint density at radius 1 is 1.33 bits per heavy atom. The minimum Gasteiger partial charge on any atom is -0.508 e. The average Bonchev–Trinajstić information content (AvgIpc) is 2.16. The van der Waals surface area contributed by atoms with Crippen LogP contribution in [0.25, 0.3) is 0 Å². The van der Waals surface area contributed by atoms with Gasteiger partial charge in [-0.15, -0.1) is 0 Å². The standard InChI is InChI=1S/C9H9F3O3/c1-15-5-2-3-7(13)6(4-5)8(14)9(10,11)12/h2-4,8,13-14H,1H3. The molecule has 0 radical (unpaired) electrons. The third kappa shape index (κ3) is 2.53. The lowest BCUT2D eigenvalue weighted by atomic mass is 10.1. The van der Waals surface area contributed by atoms with Crippen LogP contribution in [0, 0.1) is 0 Å². The first kappa shape index (κ1) is 11.6. The Labute approximate surface area is 83.7 Å². The summed E-state index contributed by atoms with van der Waals surface area (Å²) in [5.74, 6) is -0.494. The van der Waals surface area contributed by atoms with Crippen molar-refractivity contribution >= 4 is 0 Å². The summed E-state index contributed by atoms with van der Waals surface area (Å²) in [6, 6.07) is 3.26. The molecular weight excluding hydrogens is 213 g/mol. The highest BCUT2D eigenvalue weighted by molar-refractivity contribution is 5.41. The normalized spacial score (nSPS) is 13.7. The Morgan fingerprint density at radius 3 is 2.40 bits per heavy atom. The fraction of sp³-hybridized carbons (Fsp3) is 0.333. The molecule has 1 aromatic carbocycles. The molecule has 1 aromatic rings. The van der Waals surface area contributed by atoms with Crippen molar-refractivity contribution in [3.8, 4) is 11.5 Å². The molecule has 0 aliphatic carbocycles. The maximum Gasteiger partial charge on any atom is 0.418 e. The lowest BCUT2D eigenvalue weighted by Gasteiger charge is -2.16. The molecule has 0 saturated heterocycles. The van der Waals surface area contributed by atoms with Crippen molar-refractivity contribution < 1.29 is 28.1 Å². The highest BCUT2D eigenvalue weighted by Gasteiger charge is 2.40. The van der Waals surface area contributed by atoms with Crippen LogP contribution in [0.5, 0.6) is 11.5 Å². The Kier molecular flexibility index (Phi) is 3.09. The van der Waals surface area contributed by atoms with E-state index in [1.165, 1.54) is 13.2 Å². The van der Waals surface area contributed by atoms with E-state index in [1.54, 1.807) is 0 Å². The summed E-state index contributed by atoms with van der Waals surface area (Å²) in [5, 5.41) is 18.1. The molecule has 0 fully saturated rings. The quantitative estimate of drug-likeness (QED) is 0.804. The maximum absolute atomic E-state index is 12.1. The van der Waals surface area contributed by atoms with Gasteiger partial charge in [0.25, 0.3) is 0 Å². The number of aliphatic hydroxyl groups excluding tert-OH is 1. The number of aromatic hydroxyl groups is 1. The summed E-state index contributed by atoms with van der Waals surface area (Å²) in [6.07, 6.45) is -7.53. The van der Waals surface area contributed by atoms with E-state index in [1.807, 2.05) is 0 Å². The second-order valence-electron chi connectivity index (χ2n) is 2.87. The molecule has 0 spiro atoms. The zero-order valence-corrected chi connectivity index (χ0v) is 7.75. The first-order valence-corrected chi connectivity index (χ1v) is 3.98. The Balaban J connectivity index is 3.12. The lowest BCUT2D eigenvalue weighted by Crippen LogP contribution is -2.20. The molecule has 0 heterocycles. The van der Waals surface area contributed by atoms with Crippen molar-refractivity contribution in [2.24, 2.45) is 0 Å². The molecule has 0 aromatic heterocycles. The average molecular weight is 222 g/mol. The lowest BCUT2D eigenvalue weighted by molar-refractivity contribution is -0.207. The Hall–Kier alpha value is -1.43. The molecule has 6 heteroatoms. The smallest absolute Gasteiger partial charge is 0.418 e. The van der Waals surface area contributed by atoms with Crippen molar-refractivity contribution in [1.82, 2.24) is 0 Å². The van der Waals surface area contributed by atoms with Crippen molar-refractivity contribution in [2.75, 3.05) is 7.11 Å². The van der Waals surface area contributed by atoms with E-state index in [-0.39, 0.29) is 5.75 Å². The highest BCUT2D eigenvalue weighted by Crippen LogP contribution is 2.38. The SMILES string of the molecule is COc1ccc(O)c(C(O)C(F)(F)F)c1. The van der Waals surface area contributed by atoms with Gasteiger partial charge in [0.2, 0.25) is 0 Å². The number of methoxy groups -OCH3 is 1. The Bertz CT molecular complexity index is 349. The van der Waals surface area contributed by atoms with Gasteiger partial charge >= 0.3 is 6.18 Å². The second-order valence-corrected chi connectivity index (χ2v) is 2.87. The molecule has 1 unspecified atom stereocenters. The number of benzene rings is 1. The van der Waals surface area contributed by atoms with Crippen LogP contribution in [-0.2, 0) is 0 Å². The van der Waals surface area contributed by atoms with Gasteiger partial charge in [-0.25, -0.2) is 0 Å². The third-order valence-corrected chi connectivity index (χ3v) is 1.84. The third-order valence-electron chi connectivity index (χ3n) is 1.84. The van der Waals surface area contributed by atoms with Gasteiger partial charge in [0.05, 0.1) is 7.11 Å². The van der Waals surface area contributed by atoms with Crippen molar-refractivity contribution in [3.63, 3.8) is 0 Å². The number of ether oxygens (including phenoxy) is 1. The fourth-order valence-electron chi connectivity index (χ4n) is 1.05. The van der Waals surface area contributed by atoms with Crippen LogP contribution in [0.15, 0.2) is 18.2 Å². The molecule has 2 N–H and O–H groups in total. The molecule has 0 aliphatic heterocycles. The van der Waals surface area contributed by atoms with Crippen LogP contribution in [0.3, 0.4) is 0 Å². The molecule has 1 atom stereocenters. The van der Waals surface area contributed by atoms with E-state index in [9.17, 15) is 13.2 Å². The van der Waals surface area contributed by atoms with E-state index < -0.39 is 23.6 Å². The summed E-state index contributed by atoms with van der Waals surface area (Å²) < 4.78 is 41.1. The van der Waals surface area contributed by atoms with Crippen LogP contribution in [0.4, 0.5) is 13.2 Å². The minimum absolute atomic E-state index is 0.131. The number of halogens is 3. The number of phenols is 1.